The second-order valence-corrected chi connectivity index (χ2v) is 9.87. The number of hydrogen-bond donors (Lipinski definition) is 0. The number of rotatable bonds is 7. The quantitative estimate of drug-likeness (QED) is 0.466. The molecule has 5 nitrogen and oxygen atoms in total. The van der Waals surface area contributed by atoms with Crippen molar-refractivity contribution >= 4 is 17.2 Å². The molecule has 1 atom stereocenters. The first-order chi connectivity index (χ1) is 16.6. The average molecular weight is 481 g/mol. The number of carbonyl (C=O) groups excluding carboxylic acids is 1. The number of ether oxygens (including phenoxy) is 2. The van der Waals surface area contributed by atoms with Crippen molar-refractivity contribution < 1.29 is 18.7 Å². The summed E-state index contributed by atoms with van der Waals surface area (Å²) in [6.45, 7) is 3.01. The third kappa shape index (κ3) is 4.95. The smallest absolute Gasteiger partial charge is 0.254 e. The van der Waals surface area contributed by atoms with Crippen LogP contribution in [0.15, 0.2) is 59.3 Å². The van der Waals surface area contributed by atoms with Gasteiger partial charge in [0.15, 0.2) is 11.5 Å². The summed E-state index contributed by atoms with van der Waals surface area (Å²) in [6.07, 6.45) is 2.45. The Kier molecular flexibility index (Phi) is 6.83. The predicted octanol–water partition coefficient (Wildman–Crippen LogP) is 5.21. The zero-order valence-electron chi connectivity index (χ0n) is 19.3. The molecule has 2 aromatic carbocycles. The molecule has 0 bridgehead atoms. The molecular weight excluding hydrogens is 451 g/mol. The Hall–Kier alpha value is -2.90. The fraction of sp³-hybridized carbons (Fsp3) is 0.370. The number of benzene rings is 2. The first-order valence-corrected chi connectivity index (χ1v) is 12.7. The number of halogens is 1. The summed E-state index contributed by atoms with van der Waals surface area (Å²) in [4.78, 5) is 17.4. The van der Waals surface area contributed by atoms with Gasteiger partial charge < -0.3 is 14.4 Å². The van der Waals surface area contributed by atoms with Crippen molar-refractivity contribution in [3.63, 3.8) is 0 Å². The highest BCUT2D eigenvalue weighted by molar-refractivity contribution is 7.08. The molecule has 1 amide bonds. The van der Waals surface area contributed by atoms with Crippen molar-refractivity contribution in [1.82, 2.24) is 9.80 Å². The number of likely N-dealkylation sites (tertiary alicyclic amines) is 1. The number of fused-ring (bicyclic) bond motifs is 1. The molecule has 1 saturated heterocycles. The molecular formula is C27H29FN2O3S. The van der Waals surface area contributed by atoms with E-state index in [0.717, 1.165) is 44.0 Å². The largest absolute Gasteiger partial charge is 0.454 e. The molecule has 3 heterocycles. The lowest BCUT2D eigenvalue weighted by molar-refractivity contribution is 0.0584. The first-order valence-electron chi connectivity index (χ1n) is 11.7. The maximum atomic E-state index is 14.5. The Morgan fingerprint density at radius 3 is 2.71 bits per heavy atom. The molecule has 7 heteroatoms. The lowest BCUT2D eigenvalue weighted by atomic mass is 9.84. The van der Waals surface area contributed by atoms with Gasteiger partial charge in [0.25, 0.3) is 5.91 Å². The molecule has 1 unspecified atom stereocenters. The average Bonchev–Trinajstić information content (AvgIpc) is 3.55. The van der Waals surface area contributed by atoms with Crippen LogP contribution in [0.3, 0.4) is 0 Å². The minimum atomic E-state index is -0.205. The Morgan fingerprint density at radius 2 is 1.94 bits per heavy atom. The van der Waals surface area contributed by atoms with Crippen LogP contribution in [0.4, 0.5) is 4.39 Å². The molecule has 34 heavy (non-hydrogen) atoms. The summed E-state index contributed by atoms with van der Waals surface area (Å²) in [5, 5.41) is 3.80. The van der Waals surface area contributed by atoms with Crippen LogP contribution >= 0.6 is 11.3 Å². The van der Waals surface area contributed by atoms with E-state index in [2.05, 4.69) is 17.0 Å². The molecule has 1 aromatic heterocycles. The molecule has 0 saturated carbocycles. The summed E-state index contributed by atoms with van der Waals surface area (Å²) in [5.74, 6) is 1.72. The van der Waals surface area contributed by atoms with Crippen molar-refractivity contribution in [3.05, 3.63) is 81.8 Å². The van der Waals surface area contributed by atoms with Crippen LogP contribution in [0.1, 0.15) is 34.3 Å². The number of nitrogens with zero attached hydrogens (tertiary/aromatic N) is 2. The van der Waals surface area contributed by atoms with Crippen molar-refractivity contribution in [1.29, 1.82) is 0 Å². The minimum absolute atomic E-state index is 0.00498. The Labute approximate surface area is 203 Å². The molecule has 0 spiro atoms. The minimum Gasteiger partial charge on any atom is -0.454 e. The molecule has 5 rings (SSSR count). The van der Waals surface area contributed by atoms with E-state index in [1.54, 1.807) is 6.07 Å². The maximum Gasteiger partial charge on any atom is 0.254 e. The van der Waals surface area contributed by atoms with Gasteiger partial charge in [-0.2, -0.15) is 11.3 Å². The Bertz CT molecular complexity index is 1130. The fourth-order valence-corrected chi connectivity index (χ4v) is 5.67. The highest BCUT2D eigenvalue weighted by Crippen LogP contribution is 2.34. The van der Waals surface area contributed by atoms with Crippen LogP contribution in [-0.4, -0.2) is 48.7 Å². The number of piperidine rings is 1. The Morgan fingerprint density at radius 1 is 1.15 bits per heavy atom. The maximum absolute atomic E-state index is 14.5. The monoisotopic (exact) mass is 480 g/mol. The lowest BCUT2D eigenvalue weighted by Crippen LogP contribution is -2.47. The topological polar surface area (TPSA) is 42.0 Å². The van der Waals surface area contributed by atoms with Crippen LogP contribution in [0.5, 0.6) is 11.5 Å². The van der Waals surface area contributed by atoms with E-state index < -0.39 is 0 Å². The van der Waals surface area contributed by atoms with Crippen LogP contribution < -0.4 is 9.47 Å². The molecule has 1 fully saturated rings. The van der Waals surface area contributed by atoms with Crippen molar-refractivity contribution in [3.8, 4) is 11.5 Å². The van der Waals surface area contributed by atoms with Crippen LogP contribution in [0, 0.1) is 11.7 Å². The summed E-state index contributed by atoms with van der Waals surface area (Å²) in [7, 11) is 1.87. The van der Waals surface area contributed by atoms with E-state index in [-0.39, 0.29) is 24.6 Å². The standard InChI is InChI=1S/C27H29FN2O3S/c1-29(27(31)22-10-13-34-17-22)24(15-21-4-2-3-5-23(21)28)20-8-11-30(12-9-20)16-19-6-7-25-26(14-19)33-18-32-25/h2-7,10,13-14,17,20,24H,8-9,11-12,15-16,18H2,1H3. The molecule has 0 aliphatic carbocycles. The zero-order valence-corrected chi connectivity index (χ0v) is 20.1. The van der Waals surface area contributed by atoms with Crippen molar-refractivity contribution in [2.24, 2.45) is 5.92 Å². The van der Waals surface area contributed by atoms with Gasteiger partial charge in [0.05, 0.1) is 5.56 Å². The van der Waals surface area contributed by atoms with Crippen molar-refractivity contribution in [2.75, 3.05) is 26.9 Å². The normalized spacial score (nSPS) is 17.0. The third-order valence-corrected chi connectivity index (χ3v) is 7.68. The highest BCUT2D eigenvalue weighted by Gasteiger charge is 2.32. The van der Waals surface area contributed by atoms with E-state index in [0.29, 0.717) is 23.5 Å². The van der Waals surface area contributed by atoms with Gasteiger partial charge >= 0.3 is 0 Å². The van der Waals surface area contributed by atoms with Crippen LogP contribution in [0.25, 0.3) is 0 Å². The van der Waals surface area contributed by atoms with E-state index in [1.807, 2.05) is 47.0 Å². The second kappa shape index (κ2) is 10.2. The van der Waals surface area contributed by atoms with E-state index in [1.165, 1.54) is 23.0 Å². The Balaban J connectivity index is 1.27. The van der Waals surface area contributed by atoms with Gasteiger partial charge in [-0.3, -0.25) is 9.69 Å². The van der Waals surface area contributed by atoms with E-state index in [4.69, 9.17) is 9.47 Å². The summed E-state index contributed by atoms with van der Waals surface area (Å²) in [5.41, 5.74) is 2.57. The van der Waals surface area contributed by atoms with Gasteiger partial charge in [-0.25, -0.2) is 4.39 Å². The first kappa shape index (κ1) is 22.9. The van der Waals surface area contributed by atoms with Gasteiger partial charge in [-0.05, 0) is 79.0 Å². The number of amides is 1. The molecule has 3 aromatic rings. The summed E-state index contributed by atoms with van der Waals surface area (Å²) in [6, 6.07) is 14.8. The third-order valence-electron chi connectivity index (χ3n) is 6.99. The fourth-order valence-electron chi connectivity index (χ4n) is 5.04. The summed E-state index contributed by atoms with van der Waals surface area (Å²) < 4.78 is 25.5. The number of thiophene rings is 1. The van der Waals surface area contributed by atoms with Gasteiger partial charge in [0, 0.05) is 25.0 Å². The highest BCUT2D eigenvalue weighted by atomic mass is 32.1. The van der Waals surface area contributed by atoms with E-state index >= 15 is 0 Å². The van der Waals surface area contributed by atoms with Gasteiger partial charge in [-0.15, -0.1) is 0 Å². The number of likely N-dealkylation sites (N-methyl/N-ethyl adjacent to an activating group) is 1. The molecule has 2 aliphatic heterocycles. The van der Waals surface area contributed by atoms with E-state index in [9.17, 15) is 9.18 Å². The number of hydrogen-bond acceptors (Lipinski definition) is 5. The second-order valence-electron chi connectivity index (χ2n) is 9.09. The molecule has 2 aliphatic rings. The molecule has 0 N–H and O–H groups in total. The molecule has 178 valence electrons. The SMILES string of the molecule is CN(C(=O)c1ccsc1)C(Cc1ccccc1F)C1CCN(Cc2ccc3c(c2)OCO3)CC1. The van der Waals surface area contributed by atoms with Crippen LogP contribution in [-0.2, 0) is 13.0 Å². The van der Waals surface area contributed by atoms with Crippen molar-refractivity contribution in [2.45, 2.75) is 31.8 Å². The van der Waals surface area contributed by atoms with Crippen LogP contribution in [0.2, 0.25) is 0 Å². The number of carbonyl (C=O) groups is 1. The summed E-state index contributed by atoms with van der Waals surface area (Å²) >= 11 is 1.52. The predicted molar refractivity (Wildman–Crippen MR) is 131 cm³/mol. The van der Waals surface area contributed by atoms with Gasteiger partial charge in [-0.1, -0.05) is 24.3 Å². The van der Waals surface area contributed by atoms with Gasteiger partial charge in [0.1, 0.15) is 5.82 Å². The molecule has 0 radical (unpaired) electrons. The lowest BCUT2D eigenvalue weighted by Gasteiger charge is -2.40. The zero-order chi connectivity index (χ0) is 23.5. The van der Waals surface area contributed by atoms with Gasteiger partial charge in [0.2, 0.25) is 6.79 Å².